The summed E-state index contributed by atoms with van der Waals surface area (Å²) in [5, 5.41) is 10.7. The molecule has 5 heteroatoms. The van der Waals surface area contributed by atoms with E-state index in [4.69, 9.17) is 0 Å². The quantitative estimate of drug-likeness (QED) is 0.717. The number of anilines is 1. The molecule has 1 aliphatic heterocycles. The predicted molar refractivity (Wildman–Crippen MR) is 82.1 cm³/mol. The zero-order valence-electron chi connectivity index (χ0n) is 11.3. The van der Waals surface area contributed by atoms with Gasteiger partial charge in [0.1, 0.15) is 5.71 Å². The lowest BCUT2D eigenvalue weighted by atomic mass is 10.1. The fourth-order valence-corrected chi connectivity index (χ4v) is 2.50. The second-order valence-corrected chi connectivity index (χ2v) is 5.11. The van der Waals surface area contributed by atoms with Gasteiger partial charge in [0.15, 0.2) is 0 Å². The van der Waals surface area contributed by atoms with Crippen molar-refractivity contribution in [1.29, 1.82) is 0 Å². The molecule has 3 aromatic rings. The van der Waals surface area contributed by atoms with Gasteiger partial charge >= 0.3 is 0 Å². The molecule has 2 aromatic carbocycles. The van der Waals surface area contributed by atoms with Gasteiger partial charge in [-0.3, -0.25) is 9.89 Å². The van der Waals surface area contributed by atoms with E-state index in [1.54, 1.807) is 6.20 Å². The third kappa shape index (κ3) is 1.90. The first-order chi connectivity index (χ1) is 10.2. The van der Waals surface area contributed by atoms with Gasteiger partial charge < -0.3 is 5.32 Å². The normalized spacial score (nSPS) is 15.5. The monoisotopic (exact) mass is 276 g/mol. The van der Waals surface area contributed by atoms with E-state index in [1.165, 1.54) is 0 Å². The molecule has 0 bridgehead atoms. The van der Waals surface area contributed by atoms with Gasteiger partial charge in [-0.15, -0.1) is 0 Å². The van der Waals surface area contributed by atoms with E-state index >= 15 is 0 Å². The first kappa shape index (κ1) is 11.8. The summed E-state index contributed by atoms with van der Waals surface area (Å²) < 4.78 is 0. The number of carbonyl (C=O) groups excluding carboxylic acids is 1. The van der Waals surface area contributed by atoms with E-state index < -0.39 is 0 Å². The van der Waals surface area contributed by atoms with Crippen LogP contribution in [0.5, 0.6) is 0 Å². The zero-order valence-corrected chi connectivity index (χ0v) is 11.3. The summed E-state index contributed by atoms with van der Waals surface area (Å²) in [5.74, 6) is -0.166. The topological polar surface area (TPSA) is 70.1 Å². The molecule has 0 aliphatic carbocycles. The summed E-state index contributed by atoms with van der Waals surface area (Å²) in [5.41, 5.74) is 4.84. The van der Waals surface area contributed by atoms with Crippen molar-refractivity contribution in [2.24, 2.45) is 4.99 Å². The van der Waals surface area contributed by atoms with Crippen molar-refractivity contribution >= 4 is 33.9 Å². The molecule has 2 heterocycles. The van der Waals surface area contributed by atoms with Crippen LogP contribution in [-0.4, -0.2) is 21.8 Å². The number of H-pyrrole nitrogens is 1. The molecule has 5 nitrogen and oxygen atoms in total. The molecule has 1 amide bonds. The standard InChI is InChI=1S/C16H12N4O/c1-9-2-5-13-12(6-9)15(16(21)19-13)18-11-4-3-10-8-17-20-14(10)7-11/h2-8H,1H3,(H,17,20)(H,18,19,21). The molecule has 1 aromatic heterocycles. The van der Waals surface area contributed by atoms with Crippen LogP contribution < -0.4 is 5.32 Å². The first-order valence-corrected chi connectivity index (χ1v) is 6.65. The van der Waals surface area contributed by atoms with Crippen LogP contribution >= 0.6 is 0 Å². The molecule has 0 unspecified atom stereocenters. The summed E-state index contributed by atoms with van der Waals surface area (Å²) in [6.07, 6.45) is 1.76. The van der Waals surface area contributed by atoms with Gasteiger partial charge in [0.05, 0.1) is 23.1 Å². The van der Waals surface area contributed by atoms with Gasteiger partial charge in [0.2, 0.25) is 0 Å². The fourth-order valence-electron chi connectivity index (χ4n) is 2.50. The van der Waals surface area contributed by atoms with Gasteiger partial charge in [-0.25, -0.2) is 4.99 Å². The number of aryl methyl sites for hydroxylation is 1. The third-order valence-electron chi connectivity index (χ3n) is 3.56. The second-order valence-electron chi connectivity index (χ2n) is 5.11. The van der Waals surface area contributed by atoms with Crippen LogP contribution in [-0.2, 0) is 4.79 Å². The van der Waals surface area contributed by atoms with Gasteiger partial charge in [-0.05, 0) is 37.3 Å². The average Bonchev–Trinajstić information content (AvgIpc) is 3.04. The van der Waals surface area contributed by atoms with Gasteiger partial charge in [-0.2, -0.15) is 5.10 Å². The molecule has 21 heavy (non-hydrogen) atoms. The molecule has 4 rings (SSSR count). The lowest BCUT2D eigenvalue weighted by molar-refractivity contribution is -0.110. The lowest BCUT2D eigenvalue weighted by Gasteiger charge is -2.00. The Hall–Kier alpha value is -2.95. The van der Waals surface area contributed by atoms with Crippen molar-refractivity contribution in [2.45, 2.75) is 6.92 Å². The van der Waals surface area contributed by atoms with E-state index in [-0.39, 0.29) is 5.91 Å². The Bertz CT molecular complexity index is 908. The number of carbonyl (C=O) groups is 1. The van der Waals surface area contributed by atoms with Gasteiger partial charge in [0.25, 0.3) is 5.91 Å². The largest absolute Gasteiger partial charge is 0.320 e. The first-order valence-electron chi connectivity index (χ1n) is 6.65. The van der Waals surface area contributed by atoms with Gasteiger partial charge in [0, 0.05) is 10.9 Å². The number of hydrogen-bond donors (Lipinski definition) is 2. The number of aromatic nitrogens is 2. The van der Waals surface area contributed by atoms with Crippen molar-refractivity contribution < 1.29 is 4.79 Å². The van der Waals surface area contributed by atoms with Crippen LogP contribution in [0.25, 0.3) is 10.9 Å². The minimum Gasteiger partial charge on any atom is -0.320 e. The number of fused-ring (bicyclic) bond motifs is 2. The van der Waals surface area contributed by atoms with Gasteiger partial charge in [-0.1, -0.05) is 11.6 Å². The number of hydrogen-bond acceptors (Lipinski definition) is 3. The zero-order chi connectivity index (χ0) is 14.4. The molecule has 0 saturated heterocycles. The van der Waals surface area contributed by atoms with Crippen molar-refractivity contribution in [3.05, 3.63) is 53.7 Å². The SMILES string of the molecule is Cc1ccc2c(c1)C(=Nc1ccc3cn[nH]c3c1)C(=O)N2. The van der Waals surface area contributed by atoms with E-state index in [2.05, 4.69) is 20.5 Å². The van der Waals surface area contributed by atoms with Crippen molar-refractivity contribution in [2.75, 3.05) is 5.32 Å². The summed E-state index contributed by atoms with van der Waals surface area (Å²) in [7, 11) is 0. The molecule has 0 saturated carbocycles. The average molecular weight is 276 g/mol. The summed E-state index contributed by atoms with van der Waals surface area (Å²) in [4.78, 5) is 16.6. The molecule has 2 N–H and O–H groups in total. The highest BCUT2D eigenvalue weighted by atomic mass is 16.2. The Balaban J connectivity index is 1.85. The Morgan fingerprint density at radius 3 is 2.95 bits per heavy atom. The Morgan fingerprint density at radius 2 is 2.05 bits per heavy atom. The summed E-state index contributed by atoms with van der Waals surface area (Å²) in [6.45, 7) is 2.00. The van der Waals surface area contributed by atoms with Crippen molar-refractivity contribution in [1.82, 2.24) is 10.2 Å². The van der Waals surface area contributed by atoms with E-state index in [1.807, 2.05) is 43.3 Å². The number of aromatic amines is 1. The summed E-state index contributed by atoms with van der Waals surface area (Å²) >= 11 is 0. The number of nitrogens with one attached hydrogen (secondary N) is 2. The molecule has 0 fully saturated rings. The molecule has 0 spiro atoms. The minimum absolute atomic E-state index is 0.166. The highest BCUT2D eigenvalue weighted by Gasteiger charge is 2.25. The lowest BCUT2D eigenvalue weighted by Crippen LogP contribution is -2.13. The summed E-state index contributed by atoms with van der Waals surface area (Å²) in [6, 6.07) is 11.5. The van der Waals surface area contributed by atoms with E-state index in [9.17, 15) is 4.79 Å². The Labute approximate surface area is 120 Å². The smallest absolute Gasteiger partial charge is 0.275 e. The Morgan fingerprint density at radius 1 is 1.14 bits per heavy atom. The van der Waals surface area contributed by atoms with Crippen LogP contribution in [0.3, 0.4) is 0 Å². The predicted octanol–water partition coefficient (Wildman–Crippen LogP) is 2.94. The second kappa shape index (κ2) is 4.28. The number of nitrogens with zero attached hydrogens (tertiary/aromatic N) is 2. The number of benzene rings is 2. The molecular weight excluding hydrogens is 264 g/mol. The third-order valence-corrected chi connectivity index (χ3v) is 3.56. The highest BCUT2D eigenvalue weighted by molar-refractivity contribution is 6.54. The van der Waals surface area contributed by atoms with Crippen LogP contribution in [0.15, 0.2) is 47.6 Å². The van der Waals surface area contributed by atoms with Crippen LogP contribution in [0, 0.1) is 6.92 Å². The maximum atomic E-state index is 12.1. The minimum atomic E-state index is -0.166. The highest BCUT2D eigenvalue weighted by Crippen LogP contribution is 2.27. The maximum absolute atomic E-state index is 12.1. The molecule has 102 valence electrons. The van der Waals surface area contributed by atoms with Crippen molar-refractivity contribution in [3.63, 3.8) is 0 Å². The number of rotatable bonds is 1. The molecular formula is C16H12N4O. The van der Waals surface area contributed by atoms with Crippen molar-refractivity contribution in [3.8, 4) is 0 Å². The van der Waals surface area contributed by atoms with Crippen LogP contribution in [0.1, 0.15) is 11.1 Å². The molecule has 0 atom stereocenters. The number of aliphatic imine (C=N–C) groups is 1. The van der Waals surface area contributed by atoms with Crippen LogP contribution in [0.4, 0.5) is 11.4 Å². The molecule has 0 radical (unpaired) electrons. The maximum Gasteiger partial charge on any atom is 0.275 e. The Kier molecular flexibility index (Phi) is 2.41. The molecule has 1 aliphatic rings. The fraction of sp³-hybridized carbons (Fsp3) is 0.0625. The van der Waals surface area contributed by atoms with E-state index in [0.717, 1.165) is 33.4 Å². The van der Waals surface area contributed by atoms with Crippen LogP contribution in [0.2, 0.25) is 0 Å². The van der Waals surface area contributed by atoms with E-state index in [0.29, 0.717) is 5.71 Å². The number of amides is 1.